The molecule has 0 aliphatic rings. The van der Waals surface area contributed by atoms with Gasteiger partial charge in [0.15, 0.2) is 0 Å². The highest BCUT2D eigenvalue weighted by molar-refractivity contribution is 5.94. The van der Waals surface area contributed by atoms with Crippen LogP contribution >= 0.6 is 0 Å². The summed E-state index contributed by atoms with van der Waals surface area (Å²) in [5.74, 6) is -3.65. The van der Waals surface area contributed by atoms with E-state index in [1.807, 2.05) is 0 Å². The van der Waals surface area contributed by atoms with Crippen LogP contribution < -0.4 is 21.7 Å². The number of carboxylic acid groups (broad SMARTS) is 1. The van der Waals surface area contributed by atoms with Gasteiger partial charge in [0.05, 0.1) is 12.1 Å². The number of amides is 3. The van der Waals surface area contributed by atoms with Gasteiger partial charge in [-0.2, -0.15) is 0 Å². The molecule has 0 aromatic heterocycles. The van der Waals surface area contributed by atoms with Crippen LogP contribution in [0.5, 0.6) is 0 Å². The van der Waals surface area contributed by atoms with E-state index in [0.717, 1.165) is 0 Å². The van der Waals surface area contributed by atoms with Gasteiger partial charge in [0.1, 0.15) is 18.6 Å². The number of hydrogen-bond donors (Lipinski definition) is 6. The zero-order chi connectivity index (χ0) is 19.0. The molecule has 0 rings (SSSR count). The Balaban J connectivity index is 5.03. The lowest BCUT2D eigenvalue weighted by atomic mass is 10.0. The van der Waals surface area contributed by atoms with E-state index >= 15 is 0 Å². The highest BCUT2D eigenvalue weighted by atomic mass is 16.4. The summed E-state index contributed by atoms with van der Waals surface area (Å²) in [5.41, 5.74) is 5.41. The first-order valence-electron chi connectivity index (χ1n) is 7.51. The number of carboxylic acids is 1. The Kier molecular flexibility index (Phi) is 8.93. The van der Waals surface area contributed by atoms with Crippen molar-refractivity contribution in [1.29, 1.82) is 0 Å². The summed E-state index contributed by atoms with van der Waals surface area (Å²) >= 11 is 0. The van der Waals surface area contributed by atoms with Crippen molar-refractivity contribution >= 4 is 23.7 Å². The van der Waals surface area contributed by atoms with Crippen LogP contribution in [0.25, 0.3) is 0 Å². The molecule has 4 atom stereocenters. The van der Waals surface area contributed by atoms with Gasteiger partial charge in [-0.05, 0) is 19.8 Å². The van der Waals surface area contributed by atoms with Crippen molar-refractivity contribution in [2.24, 2.45) is 11.7 Å². The zero-order valence-electron chi connectivity index (χ0n) is 14.2. The molecule has 10 heteroatoms. The molecule has 3 amide bonds. The highest BCUT2D eigenvalue weighted by Gasteiger charge is 2.31. The van der Waals surface area contributed by atoms with Crippen LogP contribution in [0.15, 0.2) is 0 Å². The van der Waals surface area contributed by atoms with E-state index in [1.165, 1.54) is 13.8 Å². The van der Waals surface area contributed by atoms with Crippen LogP contribution in [-0.4, -0.2) is 64.7 Å². The van der Waals surface area contributed by atoms with E-state index in [4.69, 9.17) is 10.8 Å². The van der Waals surface area contributed by atoms with Crippen molar-refractivity contribution in [3.63, 3.8) is 0 Å². The zero-order valence-corrected chi connectivity index (χ0v) is 14.2. The van der Waals surface area contributed by atoms with Crippen molar-refractivity contribution in [1.82, 2.24) is 16.0 Å². The van der Waals surface area contributed by atoms with E-state index < -0.39 is 54.5 Å². The number of carbonyl (C=O) groups is 4. The fourth-order valence-electron chi connectivity index (χ4n) is 1.74. The van der Waals surface area contributed by atoms with Crippen LogP contribution in [-0.2, 0) is 19.2 Å². The van der Waals surface area contributed by atoms with Crippen LogP contribution in [0.2, 0.25) is 0 Å². The van der Waals surface area contributed by atoms with Crippen LogP contribution in [0, 0.1) is 5.92 Å². The third kappa shape index (κ3) is 7.38. The number of hydrogen-bond acceptors (Lipinski definition) is 6. The molecule has 0 radical (unpaired) electrons. The van der Waals surface area contributed by atoms with E-state index in [9.17, 15) is 24.3 Å². The molecule has 4 unspecified atom stereocenters. The van der Waals surface area contributed by atoms with Crippen LogP contribution in [0.3, 0.4) is 0 Å². The maximum absolute atomic E-state index is 12.3. The van der Waals surface area contributed by atoms with Crippen molar-refractivity contribution in [3.05, 3.63) is 0 Å². The van der Waals surface area contributed by atoms with E-state index in [0.29, 0.717) is 0 Å². The van der Waals surface area contributed by atoms with Gasteiger partial charge < -0.3 is 31.9 Å². The van der Waals surface area contributed by atoms with Gasteiger partial charge >= 0.3 is 5.97 Å². The Bertz CT molecular complexity index is 478. The van der Waals surface area contributed by atoms with Crippen molar-refractivity contribution < 1.29 is 29.4 Å². The van der Waals surface area contributed by atoms with E-state index in [1.54, 1.807) is 13.8 Å². The summed E-state index contributed by atoms with van der Waals surface area (Å²) in [6.45, 7) is 5.45. The molecule has 138 valence electrons. The predicted molar refractivity (Wildman–Crippen MR) is 84.7 cm³/mol. The summed E-state index contributed by atoms with van der Waals surface area (Å²) < 4.78 is 0. The quantitative estimate of drug-likeness (QED) is 0.269. The SMILES string of the molecule is CC(N)C(=O)NC(C(=O)NC(C(=O)NCC(=O)O)C(C)C)C(C)O. The maximum Gasteiger partial charge on any atom is 0.322 e. The number of nitrogens with one attached hydrogen (secondary N) is 3. The van der Waals surface area contributed by atoms with Gasteiger partial charge in [-0.1, -0.05) is 13.8 Å². The van der Waals surface area contributed by atoms with Gasteiger partial charge in [0.25, 0.3) is 0 Å². The standard InChI is InChI=1S/C14H26N4O6/c1-6(2)10(13(23)16-5-9(20)21)17-14(24)11(8(4)19)18-12(22)7(3)15/h6-8,10-11,19H,5,15H2,1-4H3,(H,16,23)(H,17,24)(H,18,22)(H,20,21). The van der Waals surface area contributed by atoms with Gasteiger partial charge in [0.2, 0.25) is 17.7 Å². The molecule has 10 nitrogen and oxygen atoms in total. The molecule has 0 aliphatic carbocycles. The van der Waals surface area contributed by atoms with Gasteiger partial charge in [0, 0.05) is 0 Å². The summed E-state index contributed by atoms with van der Waals surface area (Å²) in [6.07, 6.45) is -1.22. The molecule has 24 heavy (non-hydrogen) atoms. The summed E-state index contributed by atoms with van der Waals surface area (Å²) in [7, 11) is 0. The van der Waals surface area contributed by atoms with Crippen LogP contribution in [0.4, 0.5) is 0 Å². The monoisotopic (exact) mass is 346 g/mol. The summed E-state index contributed by atoms with van der Waals surface area (Å²) in [5, 5.41) is 25.1. The van der Waals surface area contributed by atoms with Crippen molar-refractivity contribution in [2.45, 2.75) is 51.9 Å². The van der Waals surface area contributed by atoms with Crippen molar-refractivity contribution in [2.75, 3.05) is 6.54 Å². The smallest absolute Gasteiger partial charge is 0.322 e. The largest absolute Gasteiger partial charge is 0.480 e. The molecule has 0 spiro atoms. The second kappa shape index (κ2) is 9.83. The molecule has 0 heterocycles. The minimum absolute atomic E-state index is 0.346. The molecule has 0 aromatic rings. The number of aliphatic carboxylic acids is 1. The molecule has 0 saturated carbocycles. The number of aliphatic hydroxyl groups excluding tert-OH is 1. The Morgan fingerprint density at radius 1 is 0.917 bits per heavy atom. The normalized spacial score (nSPS) is 15.8. The third-order valence-corrected chi connectivity index (χ3v) is 3.14. The Hall–Kier alpha value is -2.20. The minimum Gasteiger partial charge on any atom is -0.480 e. The third-order valence-electron chi connectivity index (χ3n) is 3.14. The molecule has 0 fully saturated rings. The molecule has 0 bridgehead atoms. The predicted octanol–water partition coefficient (Wildman–Crippen LogP) is -2.46. The fourth-order valence-corrected chi connectivity index (χ4v) is 1.74. The minimum atomic E-state index is -1.29. The first-order chi connectivity index (χ1) is 11.0. The maximum atomic E-state index is 12.3. The summed E-state index contributed by atoms with van der Waals surface area (Å²) in [6, 6.07) is -3.19. The second-order valence-corrected chi connectivity index (χ2v) is 5.86. The Morgan fingerprint density at radius 2 is 1.42 bits per heavy atom. The number of aliphatic hydroxyl groups is 1. The molecule has 7 N–H and O–H groups in total. The second-order valence-electron chi connectivity index (χ2n) is 5.86. The average molecular weight is 346 g/mol. The highest BCUT2D eigenvalue weighted by Crippen LogP contribution is 2.04. The molecular weight excluding hydrogens is 320 g/mol. The lowest BCUT2D eigenvalue weighted by Crippen LogP contribution is -2.59. The lowest BCUT2D eigenvalue weighted by molar-refractivity contribution is -0.139. The average Bonchev–Trinajstić information content (AvgIpc) is 2.46. The Labute approximate surface area is 140 Å². The van der Waals surface area contributed by atoms with Gasteiger partial charge in [-0.25, -0.2) is 0 Å². The lowest BCUT2D eigenvalue weighted by Gasteiger charge is -2.26. The molecule has 0 aliphatic heterocycles. The topological polar surface area (TPSA) is 171 Å². The molecule has 0 aromatic carbocycles. The van der Waals surface area contributed by atoms with E-state index in [2.05, 4.69) is 16.0 Å². The van der Waals surface area contributed by atoms with Crippen LogP contribution in [0.1, 0.15) is 27.7 Å². The first kappa shape index (κ1) is 21.8. The fraction of sp³-hybridized carbons (Fsp3) is 0.714. The Morgan fingerprint density at radius 3 is 1.79 bits per heavy atom. The number of carbonyl (C=O) groups excluding carboxylic acids is 3. The van der Waals surface area contributed by atoms with Gasteiger partial charge in [-0.3, -0.25) is 19.2 Å². The molecule has 0 saturated heterocycles. The number of nitrogens with two attached hydrogens (primary N) is 1. The first-order valence-corrected chi connectivity index (χ1v) is 7.51. The van der Waals surface area contributed by atoms with E-state index in [-0.39, 0.29) is 5.92 Å². The van der Waals surface area contributed by atoms with Gasteiger partial charge in [-0.15, -0.1) is 0 Å². The van der Waals surface area contributed by atoms with Crippen molar-refractivity contribution in [3.8, 4) is 0 Å². The number of rotatable bonds is 9. The molecular formula is C14H26N4O6. The summed E-state index contributed by atoms with van der Waals surface area (Å²) in [4.78, 5) is 46.4.